The van der Waals surface area contributed by atoms with Crippen LogP contribution in [0.2, 0.25) is 0 Å². The summed E-state index contributed by atoms with van der Waals surface area (Å²) in [5.74, 6) is 0.0197. The number of anilines is 1. The Balaban J connectivity index is 1.99. The second-order valence-corrected chi connectivity index (χ2v) is 6.17. The van der Waals surface area contributed by atoms with Gasteiger partial charge in [0.05, 0.1) is 12.4 Å². The van der Waals surface area contributed by atoms with Crippen LogP contribution in [0.1, 0.15) is 27.7 Å². The molecule has 1 amide bonds. The summed E-state index contributed by atoms with van der Waals surface area (Å²) in [7, 11) is 0. The van der Waals surface area contributed by atoms with Gasteiger partial charge in [0, 0.05) is 25.7 Å². The van der Waals surface area contributed by atoms with Gasteiger partial charge in [-0.2, -0.15) is 0 Å². The highest BCUT2D eigenvalue weighted by Crippen LogP contribution is 2.18. The van der Waals surface area contributed by atoms with Crippen molar-refractivity contribution in [3.63, 3.8) is 0 Å². The van der Waals surface area contributed by atoms with Crippen molar-refractivity contribution in [2.45, 2.75) is 39.3 Å². The summed E-state index contributed by atoms with van der Waals surface area (Å²) >= 11 is 0. The van der Waals surface area contributed by atoms with Gasteiger partial charge in [0.25, 0.3) is 0 Å². The summed E-state index contributed by atoms with van der Waals surface area (Å²) in [6.45, 7) is 9.19. The number of rotatable bonds is 1. The number of hydrogen-bond donors (Lipinski definition) is 0. The molecule has 2 heterocycles. The van der Waals surface area contributed by atoms with Crippen LogP contribution in [0.3, 0.4) is 0 Å². The van der Waals surface area contributed by atoms with E-state index < -0.39 is 11.4 Å². The lowest BCUT2D eigenvalue weighted by atomic mass is 10.2. The van der Waals surface area contributed by atoms with E-state index in [0.717, 1.165) is 12.4 Å². The number of halogens is 1. The second kappa shape index (κ2) is 5.83. The first kappa shape index (κ1) is 15.5. The van der Waals surface area contributed by atoms with E-state index in [2.05, 4.69) is 9.97 Å². The van der Waals surface area contributed by atoms with Crippen LogP contribution in [-0.2, 0) is 4.74 Å². The predicted octanol–water partition coefficient (Wildman–Crippen LogP) is 2.06. The van der Waals surface area contributed by atoms with Crippen LogP contribution in [0.5, 0.6) is 0 Å². The molecule has 0 radical (unpaired) electrons. The lowest BCUT2D eigenvalue weighted by Crippen LogP contribution is -2.55. The van der Waals surface area contributed by atoms with Crippen molar-refractivity contribution in [3.8, 4) is 0 Å². The maximum absolute atomic E-state index is 12.8. The number of carbonyl (C=O) groups excluding carboxylic acids is 1. The van der Waals surface area contributed by atoms with Crippen molar-refractivity contribution in [3.05, 3.63) is 18.2 Å². The monoisotopic (exact) mass is 296 g/mol. The number of amides is 1. The fraction of sp³-hybridized carbons (Fsp3) is 0.643. The van der Waals surface area contributed by atoms with Crippen LogP contribution in [-0.4, -0.2) is 52.2 Å². The first-order valence-corrected chi connectivity index (χ1v) is 6.98. The van der Waals surface area contributed by atoms with E-state index in [1.165, 1.54) is 0 Å². The molecule has 0 N–H and O–H groups in total. The Morgan fingerprint density at radius 2 is 1.95 bits per heavy atom. The first-order valence-electron chi connectivity index (χ1n) is 6.98. The topological polar surface area (TPSA) is 58.6 Å². The zero-order valence-corrected chi connectivity index (χ0v) is 12.8. The number of aromatic nitrogens is 2. The summed E-state index contributed by atoms with van der Waals surface area (Å²) in [4.78, 5) is 23.7. The van der Waals surface area contributed by atoms with Crippen molar-refractivity contribution >= 4 is 12.0 Å². The molecule has 1 aromatic heterocycles. The van der Waals surface area contributed by atoms with Crippen LogP contribution >= 0.6 is 0 Å². The van der Waals surface area contributed by atoms with E-state index in [1.54, 1.807) is 4.90 Å². The Morgan fingerprint density at radius 1 is 1.33 bits per heavy atom. The summed E-state index contributed by atoms with van der Waals surface area (Å²) in [6, 6.07) is -0.0257. The zero-order valence-electron chi connectivity index (χ0n) is 12.8. The standard InChI is InChI=1S/C14H21FN4O2/c1-10-9-18(12-16-7-11(15)8-17-12)5-6-19(10)13(20)21-14(2,3)4/h7-8,10H,5-6,9H2,1-4H3. The number of nitrogens with zero attached hydrogens (tertiary/aromatic N) is 4. The van der Waals surface area contributed by atoms with Crippen LogP contribution < -0.4 is 4.90 Å². The van der Waals surface area contributed by atoms with Crippen molar-refractivity contribution in [1.29, 1.82) is 0 Å². The van der Waals surface area contributed by atoms with Crippen LogP contribution in [0.4, 0.5) is 15.1 Å². The molecule has 0 bridgehead atoms. The molecule has 0 saturated carbocycles. The molecule has 1 fully saturated rings. The SMILES string of the molecule is CC1CN(c2ncc(F)cn2)CCN1C(=O)OC(C)(C)C. The molecule has 7 heteroatoms. The lowest BCUT2D eigenvalue weighted by molar-refractivity contribution is 0.0158. The molecular weight excluding hydrogens is 275 g/mol. The number of carbonyl (C=O) groups is 1. The molecule has 6 nitrogen and oxygen atoms in total. The zero-order chi connectivity index (χ0) is 15.6. The minimum absolute atomic E-state index is 0.0257. The Hall–Kier alpha value is -1.92. The molecule has 1 aromatic rings. The largest absolute Gasteiger partial charge is 0.444 e. The molecule has 2 rings (SSSR count). The number of hydrogen-bond acceptors (Lipinski definition) is 5. The lowest BCUT2D eigenvalue weighted by Gasteiger charge is -2.40. The molecule has 1 saturated heterocycles. The molecule has 0 spiro atoms. The van der Waals surface area contributed by atoms with Gasteiger partial charge in [0.15, 0.2) is 5.82 Å². The van der Waals surface area contributed by atoms with Crippen LogP contribution in [0.15, 0.2) is 12.4 Å². The maximum atomic E-state index is 12.8. The van der Waals surface area contributed by atoms with Gasteiger partial charge in [0.2, 0.25) is 5.95 Å². The van der Waals surface area contributed by atoms with E-state index in [9.17, 15) is 9.18 Å². The maximum Gasteiger partial charge on any atom is 0.410 e. The summed E-state index contributed by atoms with van der Waals surface area (Å²) in [5, 5.41) is 0. The fourth-order valence-corrected chi connectivity index (χ4v) is 2.20. The van der Waals surface area contributed by atoms with Gasteiger partial charge in [-0.05, 0) is 27.7 Å². The van der Waals surface area contributed by atoms with Gasteiger partial charge in [-0.3, -0.25) is 0 Å². The summed E-state index contributed by atoms with van der Waals surface area (Å²) < 4.78 is 18.2. The minimum atomic E-state index is -0.506. The molecule has 0 aromatic carbocycles. The van der Waals surface area contributed by atoms with Crippen molar-refractivity contribution in [2.24, 2.45) is 0 Å². The average molecular weight is 296 g/mol. The molecular formula is C14H21FN4O2. The highest BCUT2D eigenvalue weighted by atomic mass is 19.1. The molecule has 0 aliphatic carbocycles. The van der Waals surface area contributed by atoms with Crippen LogP contribution in [0.25, 0.3) is 0 Å². The van der Waals surface area contributed by atoms with E-state index in [1.807, 2.05) is 32.6 Å². The Kier molecular flexibility index (Phi) is 4.29. The summed E-state index contributed by atoms with van der Waals surface area (Å²) in [6.07, 6.45) is 1.98. The van der Waals surface area contributed by atoms with Gasteiger partial charge >= 0.3 is 6.09 Å². The molecule has 21 heavy (non-hydrogen) atoms. The Labute approximate surface area is 123 Å². The third kappa shape index (κ3) is 4.03. The second-order valence-electron chi connectivity index (χ2n) is 6.17. The summed E-state index contributed by atoms with van der Waals surface area (Å²) in [5.41, 5.74) is -0.506. The molecule has 1 unspecified atom stereocenters. The van der Waals surface area contributed by atoms with E-state index in [0.29, 0.717) is 25.6 Å². The number of piperazine rings is 1. The molecule has 1 atom stereocenters. The van der Waals surface area contributed by atoms with Crippen molar-refractivity contribution < 1.29 is 13.9 Å². The van der Waals surface area contributed by atoms with Gasteiger partial charge < -0.3 is 14.5 Å². The Bertz CT molecular complexity index is 501. The highest BCUT2D eigenvalue weighted by molar-refractivity contribution is 5.69. The van der Waals surface area contributed by atoms with Gasteiger partial charge in [-0.25, -0.2) is 19.2 Å². The molecule has 116 valence electrons. The minimum Gasteiger partial charge on any atom is -0.444 e. The Morgan fingerprint density at radius 3 is 2.48 bits per heavy atom. The first-order chi connectivity index (χ1) is 9.76. The molecule has 1 aliphatic heterocycles. The average Bonchev–Trinajstić information content (AvgIpc) is 2.37. The third-order valence-electron chi connectivity index (χ3n) is 3.15. The van der Waals surface area contributed by atoms with Gasteiger partial charge in [-0.15, -0.1) is 0 Å². The van der Waals surface area contributed by atoms with E-state index in [-0.39, 0.29) is 12.1 Å². The number of ether oxygens (including phenoxy) is 1. The smallest absolute Gasteiger partial charge is 0.410 e. The van der Waals surface area contributed by atoms with E-state index >= 15 is 0 Å². The van der Waals surface area contributed by atoms with Crippen molar-refractivity contribution in [1.82, 2.24) is 14.9 Å². The van der Waals surface area contributed by atoms with E-state index in [4.69, 9.17) is 4.74 Å². The fourth-order valence-electron chi connectivity index (χ4n) is 2.20. The van der Waals surface area contributed by atoms with Crippen molar-refractivity contribution in [2.75, 3.05) is 24.5 Å². The highest BCUT2D eigenvalue weighted by Gasteiger charge is 2.31. The van der Waals surface area contributed by atoms with Gasteiger partial charge in [-0.1, -0.05) is 0 Å². The predicted molar refractivity (Wildman–Crippen MR) is 76.6 cm³/mol. The molecule has 1 aliphatic rings. The van der Waals surface area contributed by atoms with Gasteiger partial charge in [0.1, 0.15) is 5.60 Å². The quantitative estimate of drug-likeness (QED) is 0.794. The third-order valence-corrected chi connectivity index (χ3v) is 3.15. The van der Waals surface area contributed by atoms with Crippen LogP contribution in [0, 0.1) is 5.82 Å². The normalized spacial score (nSPS) is 19.6.